The normalized spacial score (nSPS) is 18.3. The first kappa shape index (κ1) is 15.8. The lowest BCUT2D eigenvalue weighted by Gasteiger charge is -2.26. The Morgan fingerprint density at radius 1 is 1.05 bits per heavy atom. The summed E-state index contributed by atoms with van der Waals surface area (Å²) < 4.78 is 0. The highest BCUT2D eigenvalue weighted by molar-refractivity contribution is 6.01. The predicted octanol–water partition coefficient (Wildman–Crippen LogP) is 1.17. The Labute approximate surface area is 130 Å². The number of nitrogens with zero attached hydrogens (tertiary/aromatic N) is 2. The Morgan fingerprint density at radius 3 is 2.52 bits per heavy atom. The molecule has 2 heterocycles. The van der Waals surface area contributed by atoms with E-state index in [1.165, 1.54) is 16.2 Å². The molecule has 0 saturated carbocycles. The number of carbonyl (C=O) groups excluding carboxylic acids is 2. The molecule has 1 aromatic rings. The third-order valence-electron chi connectivity index (χ3n) is 3.95. The van der Waals surface area contributed by atoms with Crippen LogP contribution >= 0.6 is 12.4 Å². The standard InChI is InChI=1S/C15H19N3O2.ClH/c19-14-5-6-15(20)18(14)10-9-17-8-7-16-11-12-3-1-2-4-13(12)17;/h1-4,16H,5-11H2;1H. The summed E-state index contributed by atoms with van der Waals surface area (Å²) in [6, 6.07) is 8.30. The number of rotatable bonds is 3. The van der Waals surface area contributed by atoms with Gasteiger partial charge in [-0.1, -0.05) is 18.2 Å². The zero-order chi connectivity index (χ0) is 13.9. The van der Waals surface area contributed by atoms with Crippen molar-refractivity contribution in [2.45, 2.75) is 19.4 Å². The summed E-state index contributed by atoms with van der Waals surface area (Å²) in [4.78, 5) is 27.0. The fraction of sp³-hybridized carbons (Fsp3) is 0.467. The number of amides is 2. The molecule has 1 aromatic carbocycles. The highest BCUT2D eigenvalue weighted by Crippen LogP contribution is 2.22. The van der Waals surface area contributed by atoms with Crippen molar-refractivity contribution in [1.82, 2.24) is 10.2 Å². The SMILES string of the molecule is Cl.O=C1CCC(=O)N1CCN1CCNCc2ccccc21. The largest absolute Gasteiger partial charge is 0.368 e. The molecule has 6 heteroatoms. The van der Waals surface area contributed by atoms with Gasteiger partial charge in [-0.25, -0.2) is 0 Å². The molecule has 0 radical (unpaired) electrons. The average Bonchev–Trinajstić information content (AvgIpc) is 2.67. The third-order valence-corrected chi connectivity index (χ3v) is 3.95. The topological polar surface area (TPSA) is 52.7 Å². The first-order valence-electron chi connectivity index (χ1n) is 7.12. The molecule has 21 heavy (non-hydrogen) atoms. The number of hydrogen-bond acceptors (Lipinski definition) is 4. The number of anilines is 1. The van der Waals surface area contributed by atoms with Gasteiger partial charge in [-0.15, -0.1) is 12.4 Å². The van der Waals surface area contributed by atoms with E-state index < -0.39 is 0 Å². The Hall–Kier alpha value is -1.59. The Morgan fingerprint density at radius 2 is 1.76 bits per heavy atom. The number of benzene rings is 1. The molecule has 0 unspecified atom stereocenters. The molecule has 1 saturated heterocycles. The van der Waals surface area contributed by atoms with Gasteiger partial charge in [-0.2, -0.15) is 0 Å². The van der Waals surface area contributed by atoms with Crippen LogP contribution < -0.4 is 10.2 Å². The molecule has 3 rings (SSSR count). The number of fused-ring (bicyclic) bond motifs is 1. The van der Waals surface area contributed by atoms with Gasteiger partial charge < -0.3 is 10.2 Å². The highest BCUT2D eigenvalue weighted by Gasteiger charge is 2.29. The van der Waals surface area contributed by atoms with Crippen molar-refractivity contribution in [2.24, 2.45) is 0 Å². The molecular weight excluding hydrogens is 290 g/mol. The smallest absolute Gasteiger partial charge is 0.229 e. The lowest BCUT2D eigenvalue weighted by atomic mass is 10.1. The first-order chi connectivity index (χ1) is 9.75. The molecule has 1 fully saturated rings. The number of likely N-dealkylation sites (tertiary alicyclic amines) is 1. The Kier molecular flexibility index (Phi) is 5.20. The molecule has 0 aromatic heterocycles. The third kappa shape index (κ3) is 3.36. The predicted molar refractivity (Wildman–Crippen MR) is 83.6 cm³/mol. The fourth-order valence-electron chi connectivity index (χ4n) is 2.85. The van der Waals surface area contributed by atoms with Gasteiger partial charge in [0.25, 0.3) is 0 Å². The van der Waals surface area contributed by atoms with Crippen LogP contribution in [-0.4, -0.2) is 42.9 Å². The van der Waals surface area contributed by atoms with Gasteiger partial charge in [0, 0.05) is 51.3 Å². The second-order valence-electron chi connectivity index (χ2n) is 5.23. The van der Waals surface area contributed by atoms with E-state index in [2.05, 4.69) is 22.3 Å². The molecule has 2 aliphatic rings. The first-order valence-corrected chi connectivity index (χ1v) is 7.12. The van der Waals surface area contributed by atoms with Crippen molar-refractivity contribution < 1.29 is 9.59 Å². The monoisotopic (exact) mass is 309 g/mol. The summed E-state index contributed by atoms with van der Waals surface area (Å²) in [5, 5.41) is 3.39. The molecule has 5 nitrogen and oxygen atoms in total. The lowest BCUT2D eigenvalue weighted by molar-refractivity contribution is -0.138. The summed E-state index contributed by atoms with van der Waals surface area (Å²) in [7, 11) is 0. The summed E-state index contributed by atoms with van der Waals surface area (Å²) in [6.07, 6.45) is 0.744. The average molecular weight is 310 g/mol. The number of hydrogen-bond donors (Lipinski definition) is 1. The van der Waals surface area contributed by atoms with Gasteiger partial charge in [-0.05, 0) is 11.6 Å². The maximum absolute atomic E-state index is 11.6. The molecule has 0 spiro atoms. The molecule has 0 aliphatic carbocycles. The quantitative estimate of drug-likeness (QED) is 0.852. The van der Waals surface area contributed by atoms with Gasteiger partial charge in [0.2, 0.25) is 11.8 Å². The molecule has 114 valence electrons. The van der Waals surface area contributed by atoms with E-state index in [0.717, 1.165) is 19.6 Å². The number of para-hydroxylation sites is 1. The van der Waals surface area contributed by atoms with Crippen molar-refractivity contribution in [1.29, 1.82) is 0 Å². The van der Waals surface area contributed by atoms with E-state index in [9.17, 15) is 9.59 Å². The van der Waals surface area contributed by atoms with Crippen molar-refractivity contribution in [3.8, 4) is 0 Å². The number of nitrogens with one attached hydrogen (secondary N) is 1. The van der Waals surface area contributed by atoms with Gasteiger partial charge >= 0.3 is 0 Å². The van der Waals surface area contributed by atoms with Crippen molar-refractivity contribution in [3.63, 3.8) is 0 Å². The zero-order valence-electron chi connectivity index (χ0n) is 11.9. The molecule has 0 atom stereocenters. The summed E-state index contributed by atoms with van der Waals surface area (Å²) >= 11 is 0. The number of carbonyl (C=O) groups is 2. The van der Waals surface area contributed by atoms with Crippen LogP contribution in [-0.2, 0) is 16.1 Å². The minimum atomic E-state index is -0.0313. The molecular formula is C15H20ClN3O2. The summed E-state index contributed by atoms with van der Waals surface area (Å²) in [5.74, 6) is -0.0625. The van der Waals surface area contributed by atoms with E-state index in [4.69, 9.17) is 0 Å². The Bertz CT molecular complexity index is 519. The van der Waals surface area contributed by atoms with Crippen molar-refractivity contribution in [3.05, 3.63) is 29.8 Å². The van der Waals surface area contributed by atoms with Crippen molar-refractivity contribution in [2.75, 3.05) is 31.1 Å². The number of imide groups is 1. The van der Waals surface area contributed by atoms with Gasteiger partial charge in [0.15, 0.2) is 0 Å². The highest BCUT2D eigenvalue weighted by atomic mass is 35.5. The van der Waals surface area contributed by atoms with Gasteiger partial charge in [0.1, 0.15) is 0 Å². The van der Waals surface area contributed by atoms with Gasteiger partial charge in [-0.3, -0.25) is 14.5 Å². The van der Waals surface area contributed by atoms with E-state index in [0.29, 0.717) is 25.9 Å². The van der Waals surface area contributed by atoms with Crippen LogP contribution in [0.2, 0.25) is 0 Å². The fourth-order valence-corrected chi connectivity index (χ4v) is 2.85. The van der Waals surface area contributed by atoms with Crippen LogP contribution in [0.4, 0.5) is 5.69 Å². The number of halogens is 1. The minimum Gasteiger partial charge on any atom is -0.368 e. The van der Waals surface area contributed by atoms with Crippen molar-refractivity contribution >= 4 is 29.9 Å². The molecule has 0 bridgehead atoms. The van der Waals surface area contributed by atoms with Crippen LogP contribution in [0.25, 0.3) is 0 Å². The molecule has 2 aliphatic heterocycles. The van der Waals surface area contributed by atoms with E-state index in [-0.39, 0.29) is 24.2 Å². The van der Waals surface area contributed by atoms with Crippen LogP contribution in [0.1, 0.15) is 18.4 Å². The van der Waals surface area contributed by atoms with Crippen LogP contribution in [0, 0.1) is 0 Å². The zero-order valence-corrected chi connectivity index (χ0v) is 12.7. The molecule has 1 N–H and O–H groups in total. The second-order valence-corrected chi connectivity index (χ2v) is 5.23. The van der Waals surface area contributed by atoms with Crippen LogP contribution in [0.15, 0.2) is 24.3 Å². The summed E-state index contributed by atoms with van der Waals surface area (Å²) in [6.45, 7) is 3.88. The maximum Gasteiger partial charge on any atom is 0.229 e. The van der Waals surface area contributed by atoms with E-state index in [1.54, 1.807) is 0 Å². The van der Waals surface area contributed by atoms with Gasteiger partial charge in [0.05, 0.1) is 0 Å². The Balaban J connectivity index is 0.00000161. The molecule has 2 amide bonds. The van der Waals surface area contributed by atoms with Crippen LogP contribution in [0.3, 0.4) is 0 Å². The van der Waals surface area contributed by atoms with Crippen LogP contribution in [0.5, 0.6) is 0 Å². The second kappa shape index (κ2) is 6.91. The maximum atomic E-state index is 11.6. The van der Waals surface area contributed by atoms with E-state index >= 15 is 0 Å². The minimum absolute atomic E-state index is 0. The summed E-state index contributed by atoms with van der Waals surface area (Å²) in [5.41, 5.74) is 2.47. The lowest BCUT2D eigenvalue weighted by Crippen LogP contribution is -2.39. The van der Waals surface area contributed by atoms with E-state index in [1.807, 2.05) is 12.1 Å².